The summed E-state index contributed by atoms with van der Waals surface area (Å²) in [5, 5.41) is 13.0. The first kappa shape index (κ1) is 35.3. The number of ether oxygens (including phenoxy) is 5. The number of amides is 1. The predicted molar refractivity (Wildman–Crippen MR) is 189 cm³/mol. The lowest BCUT2D eigenvalue weighted by molar-refractivity contribution is -0.129. The number of benzene rings is 4. The Morgan fingerprint density at radius 2 is 1.67 bits per heavy atom. The van der Waals surface area contributed by atoms with Crippen molar-refractivity contribution in [2.24, 2.45) is 4.99 Å². The van der Waals surface area contributed by atoms with Gasteiger partial charge in [-0.1, -0.05) is 63.4 Å². The van der Waals surface area contributed by atoms with E-state index < -0.39 is 17.6 Å². The first-order valence-corrected chi connectivity index (χ1v) is 16.6. The van der Waals surface area contributed by atoms with Gasteiger partial charge in [0.25, 0.3) is 5.91 Å². The minimum atomic E-state index is -1.53. The van der Waals surface area contributed by atoms with Gasteiger partial charge in [-0.3, -0.25) is 4.79 Å². The second-order valence-electron chi connectivity index (χ2n) is 10.9. The molecule has 1 aliphatic rings. The van der Waals surface area contributed by atoms with E-state index >= 15 is 0 Å². The van der Waals surface area contributed by atoms with Gasteiger partial charge in [-0.25, -0.2) is 4.99 Å². The highest BCUT2D eigenvalue weighted by atomic mass is 79.9. The standard InChI is InChI=1S/C36H35BrCl2N2O7/c1-44-26-18-31(45-2)28(32(19-26)46-3)21-40-35(43)36(20-23-7-4-5-8-29(23)37)33(27-14-11-24(38)17-30(27)39)48-34(41-36)22-9-12-25(13-10-22)47-16-6-15-42/h4-5,7-14,17-19,33,42H,6,15-16,20-21H2,1-3H3,(H,40,43)/t33-,36-/m1/s1. The SMILES string of the molecule is COc1cc(OC)c(CNC(=O)[C@]2(Cc3ccccc3Br)N=C(c3ccc(OCCCO)cc3)O[C@@H]2c2ccc(Cl)cc2Cl)c(OC)c1. The summed E-state index contributed by atoms with van der Waals surface area (Å²) in [6, 6.07) is 23.4. The van der Waals surface area contributed by atoms with E-state index in [0.29, 0.717) is 62.8 Å². The van der Waals surface area contributed by atoms with E-state index in [4.69, 9.17) is 57.0 Å². The Kier molecular flexibility index (Phi) is 11.8. The lowest BCUT2D eigenvalue weighted by Gasteiger charge is -2.31. The van der Waals surface area contributed by atoms with Gasteiger partial charge in [-0.05, 0) is 48.0 Å². The molecule has 0 bridgehead atoms. The zero-order valence-electron chi connectivity index (χ0n) is 26.6. The van der Waals surface area contributed by atoms with Crippen LogP contribution in [0.5, 0.6) is 23.0 Å². The first-order valence-electron chi connectivity index (χ1n) is 15.1. The maximum absolute atomic E-state index is 14.8. The Hall–Kier alpha value is -3.96. The largest absolute Gasteiger partial charge is 0.496 e. The summed E-state index contributed by atoms with van der Waals surface area (Å²) in [6.07, 6.45) is -0.265. The zero-order valence-corrected chi connectivity index (χ0v) is 29.7. The molecule has 1 amide bonds. The smallest absolute Gasteiger partial charge is 0.252 e. The molecular weight excluding hydrogens is 723 g/mol. The zero-order chi connectivity index (χ0) is 34.3. The Balaban J connectivity index is 1.61. The highest BCUT2D eigenvalue weighted by Crippen LogP contribution is 2.46. The number of aliphatic hydroxyl groups is 1. The van der Waals surface area contributed by atoms with E-state index in [0.717, 1.165) is 10.0 Å². The normalized spacial score (nSPS) is 16.9. The molecule has 12 heteroatoms. The molecule has 9 nitrogen and oxygen atoms in total. The number of rotatable bonds is 14. The fourth-order valence-electron chi connectivity index (χ4n) is 5.48. The van der Waals surface area contributed by atoms with E-state index in [-0.39, 0.29) is 25.5 Å². The molecule has 252 valence electrons. The number of aliphatic hydroxyl groups excluding tert-OH is 1. The number of aliphatic imine (C=N–C) groups is 1. The minimum Gasteiger partial charge on any atom is -0.496 e. The molecule has 0 fully saturated rings. The van der Waals surface area contributed by atoms with E-state index in [1.807, 2.05) is 36.4 Å². The quantitative estimate of drug-likeness (QED) is 0.130. The molecule has 0 aliphatic carbocycles. The summed E-state index contributed by atoms with van der Waals surface area (Å²) in [4.78, 5) is 19.9. The number of hydrogen-bond acceptors (Lipinski definition) is 8. The van der Waals surface area contributed by atoms with Crippen molar-refractivity contribution in [1.29, 1.82) is 0 Å². The first-order chi connectivity index (χ1) is 23.2. The maximum atomic E-state index is 14.8. The van der Waals surface area contributed by atoms with Crippen molar-refractivity contribution in [2.45, 2.75) is 31.0 Å². The van der Waals surface area contributed by atoms with Gasteiger partial charge in [0.15, 0.2) is 11.6 Å². The molecule has 0 aromatic heterocycles. The second kappa shape index (κ2) is 16.0. The van der Waals surface area contributed by atoms with Gasteiger partial charge in [0, 0.05) is 57.2 Å². The van der Waals surface area contributed by atoms with Crippen molar-refractivity contribution in [3.63, 3.8) is 0 Å². The lowest BCUT2D eigenvalue weighted by atomic mass is 9.82. The molecule has 0 radical (unpaired) electrons. The van der Waals surface area contributed by atoms with Gasteiger partial charge >= 0.3 is 0 Å². The Labute approximate surface area is 297 Å². The van der Waals surface area contributed by atoms with E-state index in [1.165, 1.54) is 14.2 Å². The minimum absolute atomic E-state index is 0.0388. The Morgan fingerprint density at radius 1 is 0.958 bits per heavy atom. The van der Waals surface area contributed by atoms with Gasteiger partial charge in [-0.2, -0.15) is 0 Å². The van der Waals surface area contributed by atoms with Crippen molar-refractivity contribution < 1.29 is 33.6 Å². The van der Waals surface area contributed by atoms with Crippen LogP contribution in [-0.4, -0.2) is 57.0 Å². The van der Waals surface area contributed by atoms with E-state index in [9.17, 15) is 4.79 Å². The van der Waals surface area contributed by atoms with E-state index in [1.54, 1.807) is 49.6 Å². The van der Waals surface area contributed by atoms with Crippen LogP contribution in [-0.2, 0) is 22.5 Å². The van der Waals surface area contributed by atoms with Crippen molar-refractivity contribution in [1.82, 2.24) is 5.32 Å². The van der Waals surface area contributed by atoms with Gasteiger partial charge < -0.3 is 34.1 Å². The molecule has 4 aromatic rings. The lowest BCUT2D eigenvalue weighted by Crippen LogP contribution is -2.49. The molecule has 0 unspecified atom stereocenters. The number of hydrogen-bond donors (Lipinski definition) is 2. The van der Waals surface area contributed by atoms with Gasteiger partial charge in [0.05, 0.1) is 40.0 Å². The molecule has 2 atom stereocenters. The number of carbonyl (C=O) groups excluding carboxylic acids is 1. The third-order valence-corrected chi connectivity index (χ3v) is 9.27. The monoisotopic (exact) mass is 756 g/mol. The van der Waals surface area contributed by atoms with Crippen molar-refractivity contribution >= 4 is 50.9 Å². The van der Waals surface area contributed by atoms with Crippen molar-refractivity contribution in [3.05, 3.63) is 116 Å². The average molecular weight is 758 g/mol. The summed E-state index contributed by atoms with van der Waals surface area (Å²) in [6.45, 7) is 0.471. The van der Waals surface area contributed by atoms with Crippen LogP contribution in [0, 0.1) is 0 Å². The maximum Gasteiger partial charge on any atom is 0.252 e. The molecular formula is C36H35BrCl2N2O7. The fraction of sp³-hybridized carbons (Fsp3) is 0.278. The third kappa shape index (κ3) is 7.68. The molecule has 5 rings (SSSR count). The highest BCUT2D eigenvalue weighted by Gasteiger charge is 2.54. The molecule has 4 aromatic carbocycles. The summed E-state index contributed by atoms with van der Waals surface area (Å²) >= 11 is 16.7. The van der Waals surface area contributed by atoms with Crippen LogP contribution >= 0.6 is 39.1 Å². The third-order valence-electron chi connectivity index (χ3n) is 7.94. The molecule has 1 heterocycles. The average Bonchev–Trinajstić information content (AvgIpc) is 3.48. The molecule has 0 saturated heterocycles. The second-order valence-corrected chi connectivity index (χ2v) is 12.6. The Morgan fingerprint density at radius 3 is 2.29 bits per heavy atom. The van der Waals surface area contributed by atoms with Gasteiger partial charge in [-0.15, -0.1) is 0 Å². The predicted octanol–water partition coefficient (Wildman–Crippen LogP) is 7.36. The number of carbonyl (C=O) groups is 1. The topological polar surface area (TPSA) is 108 Å². The van der Waals surface area contributed by atoms with Gasteiger partial charge in [0.2, 0.25) is 5.90 Å². The van der Waals surface area contributed by atoms with Crippen molar-refractivity contribution in [3.8, 4) is 23.0 Å². The van der Waals surface area contributed by atoms with Crippen molar-refractivity contribution in [2.75, 3.05) is 34.5 Å². The summed E-state index contributed by atoms with van der Waals surface area (Å²) < 4.78 is 29.8. The fourth-order valence-corrected chi connectivity index (χ4v) is 6.41. The highest BCUT2D eigenvalue weighted by molar-refractivity contribution is 9.10. The Bertz CT molecular complexity index is 1760. The number of nitrogens with one attached hydrogen (secondary N) is 1. The summed E-state index contributed by atoms with van der Waals surface area (Å²) in [5.41, 5.74) is 1.11. The van der Waals surface area contributed by atoms with Crippen LogP contribution in [0.4, 0.5) is 0 Å². The summed E-state index contributed by atoms with van der Waals surface area (Å²) in [7, 11) is 4.63. The molecule has 1 aliphatic heterocycles. The van der Waals surface area contributed by atoms with Crippen LogP contribution < -0.4 is 24.3 Å². The van der Waals surface area contributed by atoms with Crippen LogP contribution in [0.1, 0.15) is 34.8 Å². The van der Waals surface area contributed by atoms with Crippen LogP contribution in [0.2, 0.25) is 10.0 Å². The van der Waals surface area contributed by atoms with Crippen LogP contribution in [0.25, 0.3) is 0 Å². The molecule has 48 heavy (non-hydrogen) atoms. The number of nitrogens with zero attached hydrogens (tertiary/aromatic N) is 1. The van der Waals surface area contributed by atoms with E-state index in [2.05, 4.69) is 21.2 Å². The van der Waals surface area contributed by atoms with Gasteiger partial charge in [0.1, 0.15) is 23.0 Å². The molecule has 0 spiro atoms. The number of halogens is 3. The molecule has 2 N–H and O–H groups in total. The number of methoxy groups -OCH3 is 3. The van der Waals surface area contributed by atoms with Crippen LogP contribution in [0.3, 0.4) is 0 Å². The molecule has 0 saturated carbocycles. The van der Waals surface area contributed by atoms with Crippen LogP contribution in [0.15, 0.2) is 88.3 Å². The summed E-state index contributed by atoms with van der Waals surface area (Å²) in [5.74, 6) is 1.99.